The van der Waals surface area contributed by atoms with Crippen LogP contribution >= 0.6 is 31.9 Å². The fraction of sp³-hybridized carbons (Fsp3) is 0.0714. The normalized spacial score (nSPS) is 10.8. The Bertz CT molecular complexity index is 832. The van der Waals surface area contributed by atoms with Crippen molar-refractivity contribution in [1.82, 2.24) is 0 Å². The molecule has 0 amide bonds. The van der Waals surface area contributed by atoms with E-state index >= 15 is 0 Å². The monoisotopic (exact) mass is 456 g/mol. The number of nitro benzene ring substituents is 2. The second-order valence-corrected chi connectivity index (χ2v) is 6.40. The lowest BCUT2D eigenvalue weighted by Crippen LogP contribution is -1.99. The van der Waals surface area contributed by atoms with Crippen LogP contribution in [0.25, 0.3) is 0 Å². The molecule has 1 N–H and O–H groups in total. The number of benzene rings is 2. The Labute approximate surface area is 153 Å². The number of rotatable bonds is 5. The Morgan fingerprint density at radius 2 is 1.71 bits per heavy atom. The number of halogens is 2. The van der Waals surface area contributed by atoms with E-state index in [1.807, 2.05) is 19.1 Å². The van der Waals surface area contributed by atoms with Crippen LogP contribution in [0.1, 0.15) is 11.1 Å². The summed E-state index contributed by atoms with van der Waals surface area (Å²) in [5.41, 5.74) is 3.61. The van der Waals surface area contributed by atoms with Gasteiger partial charge in [0.2, 0.25) is 0 Å². The number of nitrogens with zero attached hydrogens (tertiary/aromatic N) is 3. The summed E-state index contributed by atoms with van der Waals surface area (Å²) in [5, 5.41) is 25.7. The SMILES string of the molecule is Cc1c(Br)cc(/C=N\Nc2ccc([N+](=O)[O-])cc2[N+](=O)[O-])cc1Br. The highest BCUT2D eigenvalue weighted by molar-refractivity contribution is 9.11. The summed E-state index contributed by atoms with van der Waals surface area (Å²) >= 11 is 6.84. The molecule has 10 heteroatoms. The highest BCUT2D eigenvalue weighted by Crippen LogP contribution is 2.29. The molecular formula is C14H10Br2N4O4. The number of anilines is 1. The molecule has 0 aliphatic heterocycles. The molecule has 0 bridgehead atoms. The van der Waals surface area contributed by atoms with Crippen LogP contribution in [-0.2, 0) is 0 Å². The summed E-state index contributed by atoms with van der Waals surface area (Å²) < 4.78 is 1.78. The van der Waals surface area contributed by atoms with Gasteiger partial charge in [0, 0.05) is 15.0 Å². The molecule has 0 saturated carbocycles. The third-order valence-electron chi connectivity index (χ3n) is 3.09. The van der Waals surface area contributed by atoms with Gasteiger partial charge in [0.05, 0.1) is 22.1 Å². The molecule has 2 aromatic carbocycles. The van der Waals surface area contributed by atoms with E-state index in [-0.39, 0.29) is 11.4 Å². The largest absolute Gasteiger partial charge is 0.301 e. The first-order valence-electron chi connectivity index (χ1n) is 6.47. The van der Waals surface area contributed by atoms with Crippen molar-refractivity contribution in [2.45, 2.75) is 6.92 Å². The minimum Gasteiger partial charge on any atom is -0.272 e. The van der Waals surface area contributed by atoms with Gasteiger partial charge in [-0.15, -0.1) is 0 Å². The van der Waals surface area contributed by atoms with Crippen LogP contribution in [0.2, 0.25) is 0 Å². The van der Waals surface area contributed by atoms with Crippen LogP contribution in [-0.4, -0.2) is 16.1 Å². The maximum atomic E-state index is 11.0. The number of nitro groups is 2. The third-order valence-corrected chi connectivity index (χ3v) is 4.74. The van der Waals surface area contributed by atoms with Crippen molar-refractivity contribution in [1.29, 1.82) is 0 Å². The van der Waals surface area contributed by atoms with E-state index in [1.54, 1.807) is 0 Å². The summed E-state index contributed by atoms with van der Waals surface area (Å²) in [6, 6.07) is 6.99. The van der Waals surface area contributed by atoms with Crippen LogP contribution in [0.5, 0.6) is 0 Å². The summed E-state index contributed by atoms with van der Waals surface area (Å²) in [6.07, 6.45) is 1.49. The van der Waals surface area contributed by atoms with Crippen molar-refractivity contribution in [3.05, 3.63) is 70.6 Å². The zero-order valence-electron chi connectivity index (χ0n) is 12.2. The zero-order valence-corrected chi connectivity index (χ0v) is 15.4. The van der Waals surface area contributed by atoms with Gasteiger partial charge in [0.25, 0.3) is 5.69 Å². The average molecular weight is 458 g/mol. The molecule has 2 aromatic rings. The van der Waals surface area contributed by atoms with Gasteiger partial charge in [-0.3, -0.25) is 25.7 Å². The molecule has 24 heavy (non-hydrogen) atoms. The second kappa shape index (κ2) is 7.49. The van der Waals surface area contributed by atoms with Crippen LogP contribution in [0.3, 0.4) is 0 Å². The molecule has 0 fully saturated rings. The summed E-state index contributed by atoms with van der Waals surface area (Å²) in [7, 11) is 0. The first-order chi connectivity index (χ1) is 11.3. The quantitative estimate of drug-likeness (QED) is 0.394. The molecule has 124 valence electrons. The lowest BCUT2D eigenvalue weighted by atomic mass is 10.2. The van der Waals surface area contributed by atoms with Crippen molar-refractivity contribution in [2.75, 3.05) is 5.43 Å². The number of hydrazone groups is 1. The van der Waals surface area contributed by atoms with Crippen LogP contribution in [0.15, 0.2) is 44.4 Å². The van der Waals surface area contributed by atoms with E-state index in [9.17, 15) is 20.2 Å². The summed E-state index contributed by atoms with van der Waals surface area (Å²) in [6.45, 7) is 1.94. The molecule has 0 spiro atoms. The minimum atomic E-state index is -0.704. The lowest BCUT2D eigenvalue weighted by Gasteiger charge is -2.04. The zero-order chi connectivity index (χ0) is 17.9. The predicted molar refractivity (Wildman–Crippen MR) is 97.5 cm³/mol. The molecular weight excluding hydrogens is 448 g/mol. The number of hydrogen-bond donors (Lipinski definition) is 1. The maximum absolute atomic E-state index is 11.0. The molecule has 0 saturated heterocycles. The first-order valence-corrected chi connectivity index (χ1v) is 8.05. The molecule has 0 aromatic heterocycles. The number of non-ortho nitro benzene ring substituents is 1. The fourth-order valence-corrected chi connectivity index (χ4v) is 3.02. The van der Waals surface area contributed by atoms with Crippen molar-refractivity contribution >= 4 is 55.1 Å². The van der Waals surface area contributed by atoms with Gasteiger partial charge in [-0.1, -0.05) is 31.9 Å². The van der Waals surface area contributed by atoms with Crippen molar-refractivity contribution in [3.63, 3.8) is 0 Å². The van der Waals surface area contributed by atoms with Crippen LogP contribution in [0, 0.1) is 27.2 Å². The van der Waals surface area contributed by atoms with Crippen molar-refractivity contribution in [2.24, 2.45) is 5.10 Å². The van der Waals surface area contributed by atoms with Crippen LogP contribution < -0.4 is 5.43 Å². The van der Waals surface area contributed by atoms with E-state index in [0.717, 1.165) is 26.1 Å². The molecule has 8 nitrogen and oxygen atoms in total. The van der Waals surface area contributed by atoms with Gasteiger partial charge in [-0.2, -0.15) is 5.10 Å². The Balaban J connectivity index is 2.25. The Hall–Kier alpha value is -2.33. The first kappa shape index (κ1) is 18.0. The molecule has 0 radical (unpaired) electrons. The Morgan fingerprint density at radius 1 is 1.08 bits per heavy atom. The number of hydrogen-bond acceptors (Lipinski definition) is 6. The molecule has 0 aliphatic carbocycles. The van der Waals surface area contributed by atoms with Gasteiger partial charge in [0.15, 0.2) is 0 Å². The predicted octanol–water partition coefficient (Wildman–Crippen LogP) is 4.78. The summed E-state index contributed by atoms with van der Waals surface area (Å²) in [5.74, 6) is 0. The molecule has 0 unspecified atom stereocenters. The van der Waals surface area contributed by atoms with Gasteiger partial charge < -0.3 is 0 Å². The average Bonchev–Trinajstić information content (AvgIpc) is 2.52. The highest BCUT2D eigenvalue weighted by atomic mass is 79.9. The van der Waals surface area contributed by atoms with Crippen molar-refractivity contribution < 1.29 is 9.85 Å². The van der Waals surface area contributed by atoms with E-state index in [1.165, 1.54) is 18.3 Å². The van der Waals surface area contributed by atoms with Crippen molar-refractivity contribution in [3.8, 4) is 0 Å². The van der Waals surface area contributed by atoms with E-state index in [4.69, 9.17) is 0 Å². The molecule has 0 heterocycles. The lowest BCUT2D eigenvalue weighted by molar-refractivity contribution is -0.393. The van der Waals surface area contributed by atoms with E-state index in [0.29, 0.717) is 0 Å². The minimum absolute atomic E-state index is 0.0621. The third kappa shape index (κ3) is 4.15. The van der Waals surface area contributed by atoms with Crippen LogP contribution in [0.4, 0.5) is 17.1 Å². The Kier molecular flexibility index (Phi) is 5.62. The topological polar surface area (TPSA) is 111 Å². The summed E-state index contributed by atoms with van der Waals surface area (Å²) in [4.78, 5) is 20.3. The van der Waals surface area contributed by atoms with Gasteiger partial charge in [-0.25, -0.2) is 0 Å². The molecule has 0 aliphatic rings. The molecule has 0 atom stereocenters. The second-order valence-electron chi connectivity index (χ2n) is 4.70. The Morgan fingerprint density at radius 3 is 2.25 bits per heavy atom. The highest BCUT2D eigenvalue weighted by Gasteiger charge is 2.19. The van der Waals surface area contributed by atoms with Gasteiger partial charge in [0.1, 0.15) is 5.69 Å². The molecule has 2 rings (SSSR count). The standard InChI is InChI=1S/C14H10Br2N4O4/c1-8-11(15)4-9(5-12(8)16)7-17-18-13-3-2-10(19(21)22)6-14(13)20(23)24/h2-7,18H,1H3/b17-7-. The van der Waals surface area contributed by atoms with Gasteiger partial charge >= 0.3 is 5.69 Å². The smallest absolute Gasteiger partial charge is 0.272 e. The van der Waals surface area contributed by atoms with Gasteiger partial charge in [-0.05, 0) is 36.2 Å². The maximum Gasteiger partial charge on any atom is 0.301 e. The van der Waals surface area contributed by atoms with E-state index < -0.39 is 15.5 Å². The number of nitrogens with one attached hydrogen (secondary N) is 1. The fourth-order valence-electron chi connectivity index (χ4n) is 1.79. The van der Waals surface area contributed by atoms with E-state index in [2.05, 4.69) is 42.4 Å².